The summed E-state index contributed by atoms with van der Waals surface area (Å²) < 4.78 is 39.7. The van der Waals surface area contributed by atoms with Gasteiger partial charge in [0.05, 0.1) is 6.07 Å². The molecule has 0 heterocycles. The SMILES string of the molecule is N#CCN(C1CC1)S(=O)(=O)c1c(Br)cc(F)cc1Br. The van der Waals surface area contributed by atoms with Crippen LogP contribution in [0.4, 0.5) is 4.39 Å². The van der Waals surface area contributed by atoms with Crippen LogP contribution in [0.2, 0.25) is 0 Å². The quantitative estimate of drug-likeness (QED) is 0.715. The molecule has 8 heteroatoms. The normalized spacial score (nSPS) is 15.5. The summed E-state index contributed by atoms with van der Waals surface area (Å²) in [6.45, 7) is -0.205. The number of hydrogen-bond acceptors (Lipinski definition) is 3. The maximum Gasteiger partial charge on any atom is 0.246 e. The molecule has 1 fully saturated rings. The van der Waals surface area contributed by atoms with Crippen LogP contribution in [0, 0.1) is 17.1 Å². The molecule has 1 aromatic carbocycles. The van der Waals surface area contributed by atoms with Gasteiger partial charge in [0.25, 0.3) is 0 Å². The maximum atomic E-state index is 13.2. The van der Waals surface area contributed by atoms with Gasteiger partial charge >= 0.3 is 0 Å². The Kier molecular flexibility index (Phi) is 4.30. The van der Waals surface area contributed by atoms with Crippen LogP contribution in [0.25, 0.3) is 0 Å². The van der Waals surface area contributed by atoms with Gasteiger partial charge in [-0.1, -0.05) is 0 Å². The monoisotopic (exact) mass is 410 g/mol. The number of benzene rings is 1. The molecule has 1 saturated carbocycles. The van der Waals surface area contributed by atoms with Gasteiger partial charge in [0.2, 0.25) is 10.0 Å². The summed E-state index contributed by atoms with van der Waals surface area (Å²) in [6.07, 6.45) is 1.49. The lowest BCUT2D eigenvalue weighted by Gasteiger charge is -2.20. The molecular formula is C11H9Br2FN2O2S. The topological polar surface area (TPSA) is 61.2 Å². The molecule has 0 aromatic heterocycles. The predicted octanol–water partition coefficient (Wildman–Crippen LogP) is 3.03. The van der Waals surface area contributed by atoms with Gasteiger partial charge in [-0.2, -0.15) is 9.57 Å². The van der Waals surface area contributed by atoms with E-state index in [9.17, 15) is 12.8 Å². The Labute approximate surface area is 127 Å². The Morgan fingerprint density at radius 3 is 2.32 bits per heavy atom. The van der Waals surface area contributed by atoms with Crippen LogP contribution in [0.1, 0.15) is 12.8 Å². The smallest absolute Gasteiger partial charge is 0.207 e. The van der Waals surface area contributed by atoms with Crippen LogP contribution >= 0.6 is 31.9 Å². The van der Waals surface area contributed by atoms with E-state index in [2.05, 4.69) is 31.9 Å². The van der Waals surface area contributed by atoms with Gasteiger partial charge in [-0.05, 0) is 56.8 Å². The number of nitrogens with zero attached hydrogens (tertiary/aromatic N) is 2. The van der Waals surface area contributed by atoms with Crippen LogP contribution in [-0.2, 0) is 10.0 Å². The van der Waals surface area contributed by atoms with Crippen LogP contribution < -0.4 is 0 Å². The molecule has 0 aliphatic heterocycles. The summed E-state index contributed by atoms with van der Waals surface area (Å²) in [6, 6.07) is 3.91. The molecule has 19 heavy (non-hydrogen) atoms. The lowest BCUT2D eigenvalue weighted by Crippen LogP contribution is -2.34. The number of sulfonamides is 1. The van der Waals surface area contributed by atoms with E-state index < -0.39 is 15.8 Å². The van der Waals surface area contributed by atoms with E-state index >= 15 is 0 Å². The standard InChI is InChI=1S/C11H9Br2FN2O2S/c12-9-5-7(14)6-10(13)11(9)19(17,18)16(4-3-15)8-1-2-8/h5-6,8H,1-2,4H2. The molecule has 0 bridgehead atoms. The lowest BCUT2D eigenvalue weighted by atomic mass is 10.3. The van der Waals surface area contributed by atoms with Gasteiger partial charge in [-0.25, -0.2) is 12.8 Å². The molecule has 102 valence electrons. The molecule has 0 N–H and O–H groups in total. The van der Waals surface area contributed by atoms with Gasteiger partial charge < -0.3 is 0 Å². The van der Waals surface area contributed by atoms with Crippen molar-refractivity contribution in [3.8, 4) is 6.07 Å². The Balaban J connectivity index is 2.53. The molecule has 0 atom stereocenters. The number of rotatable bonds is 4. The van der Waals surface area contributed by atoms with Crippen LogP contribution in [-0.4, -0.2) is 25.3 Å². The van der Waals surface area contributed by atoms with E-state index in [1.54, 1.807) is 0 Å². The fraction of sp³-hybridized carbons (Fsp3) is 0.364. The minimum atomic E-state index is -3.83. The number of halogens is 3. The summed E-state index contributed by atoms with van der Waals surface area (Å²) in [5.74, 6) is -0.545. The average Bonchev–Trinajstić information content (AvgIpc) is 3.07. The van der Waals surface area contributed by atoms with Gasteiger partial charge in [0.1, 0.15) is 17.3 Å². The molecule has 1 aromatic rings. The Bertz CT molecular complexity index is 630. The van der Waals surface area contributed by atoms with Crippen molar-refractivity contribution in [2.24, 2.45) is 0 Å². The van der Waals surface area contributed by atoms with Crippen LogP contribution in [0.15, 0.2) is 26.0 Å². The summed E-state index contributed by atoms with van der Waals surface area (Å²) in [7, 11) is -3.83. The first-order valence-corrected chi connectivity index (χ1v) is 8.44. The van der Waals surface area contributed by atoms with E-state index in [1.807, 2.05) is 6.07 Å². The minimum Gasteiger partial charge on any atom is -0.207 e. The van der Waals surface area contributed by atoms with Crippen molar-refractivity contribution < 1.29 is 12.8 Å². The third kappa shape index (κ3) is 2.99. The van der Waals surface area contributed by atoms with Crippen LogP contribution in [0.3, 0.4) is 0 Å². The summed E-state index contributed by atoms with van der Waals surface area (Å²) in [4.78, 5) is -0.0453. The highest BCUT2D eigenvalue weighted by molar-refractivity contribution is 9.11. The van der Waals surface area contributed by atoms with Crippen molar-refractivity contribution in [1.82, 2.24) is 4.31 Å². The molecule has 0 unspecified atom stereocenters. The molecule has 0 amide bonds. The summed E-state index contributed by atoms with van der Waals surface area (Å²) in [5.41, 5.74) is 0. The highest BCUT2D eigenvalue weighted by Crippen LogP contribution is 2.37. The molecule has 0 radical (unpaired) electrons. The third-order valence-electron chi connectivity index (χ3n) is 2.71. The lowest BCUT2D eigenvalue weighted by molar-refractivity contribution is 0.438. The first kappa shape index (κ1) is 14.9. The van der Waals surface area contributed by atoms with Crippen molar-refractivity contribution in [2.45, 2.75) is 23.8 Å². The van der Waals surface area contributed by atoms with E-state index in [1.165, 1.54) is 0 Å². The zero-order chi connectivity index (χ0) is 14.2. The van der Waals surface area contributed by atoms with Crippen molar-refractivity contribution >= 4 is 41.9 Å². The molecule has 0 spiro atoms. The third-order valence-corrected chi connectivity index (χ3v) is 6.49. The van der Waals surface area contributed by atoms with E-state index in [0.717, 1.165) is 29.3 Å². The van der Waals surface area contributed by atoms with E-state index in [0.29, 0.717) is 0 Å². The van der Waals surface area contributed by atoms with Gasteiger partial charge in [0, 0.05) is 15.0 Å². The molecule has 0 saturated heterocycles. The molecular weight excluding hydrogens is 403 g/mol. The first-order chi connectivity index (χ1) is 8.87. The molecule has 1 aliphatic carbocycles. The van der Waals surface area contributed by atoms with Gasteiger partial charge in [0.15, 0.2) is 0 Å². The molecule has 1 aliphatic rings. The first-order valence-electron chi connectivity index (χ1n) is 5.41. The largest absolute Gasteiger partial charge is 0.246 e. The Hall–Kier alpha value is -0.490. The average molecular weight is 412 g/mol. The predicted molar refractivity (Wildman–Crippen MR) is 74.3 cm³/mol. The summed E-state index contributed by atoms with van der Waals surface area (Å²) >= 11 is 6.13. The second-order valence-corrected chi connectivity index (χ2v) is 7.67. The second kappa shape index (κ2) is 5.48. The van der Waals surface area contributed by atoms with Crippen molar-refractivity contribution in [2.75, 3.05) is 6.54 Å². The zero-order valence-electron chi connectivity index (χ0n) is 9.61. The summed E-state index contributed by atoms with van der Waals surface area (Å²) in [5, 5.41) is 8.77. The van der Waals surface area contributed by atoms with E-state index in [-0.39, 0.29) is 26.4 Å². The molecule has 2 rings (SSSR count). The molecule has 4 nitrogen and oxygen atoms in total. The Morgan fingerprint density at radius 1 is 1.37 bits per heavy atom. The van der Waals surface area contributed by atoms with Gasteiger partial charge in [-0.15, -0.1) is 0 Å². The second-order valence-electron chi connectivity index (χ2n) is 4.14. The van der Waals surface area contributed by atoms with E-state index in [4.69, 9.17) is 5.26 Å². The van der Waals surface area contributed by atoms with Crippen molar-refractivity contribution in [3.63, 3.8) is 0 Å². The maximum absolute atomic E-state index is 13.2. The fourth-order valence-corrected chi connectivity index (χ4v) is 5.77. The number of hydrogen-bond donors (Lipinski definition) is 0. The highest BCUT2D eigenvalue weighted by atomic mass is 79.9. The fourth-order valence-electron chi connectivity index (χ4n) is 1.74. The number of nitriles is 1. The van der Waals surface area contributed by atoms with Crippen LogP contribution in [0.5, 0.6) is 0 Å². The van der Waals surface area contributed by atoms with Crippen molar-refractivity contribution in [1.29, 1.82) is 5.26 Å². The highest BCUT2D eigenvalue weighted by Gasteiger charge is 2.39. The minimum absolute atomic E-state index is 0.0453. The zero-order valence-corrected chi connectivity index (χ0v) is 13.6. The Morgan fingerprint density at radius 2 is 1.89 bits per heavy atom. The van der Waals surface area contributed by atoms with Gasteiger partial charge in [-0.3, -0.25) is 0 Å². The van der Waals surface area contributed by atoms with Crippen molar-refractivity contribution in [3.05, 3.63) is 26.9 Å².